The van der Waals surface area contributed by atoms with Crippen LogP contribution in [-0.4, -0.2) is 36.0 Å². The van der Waals surface area contributed by atoms with Crippen LogP contribution < -0.4 is 4.74 Å². The number of hydrogen-bond acceptors (Lipinski definition) is 4. The van der Waals surface area contributed by atoms with Crippen LogP contribution in [0.1, 0.15) is 45.7 Å². The van der Waals surface area contributed by atoms with Crippen LogP contribution >= 0.6 is 0 Å². The first-order chi connectivity index (χ1) is 10.7. The number of amides is 1. The minimum Gasteiger partial charge on any atom is -0.497 e. The second-order valence-corrected chi connectivity index (χ2v) is 6.93. The molecule has 1 aromatic carbocycles. The Morgan fingerprint density at radius 2 is 1.87 bits per heavy atom. The quantitative estimate of drug-likeness (QED) is 0.801. The molecule has 2 unspecified atom stereocenters. The Kier molecular flexibility index (Phi) is 4.97. The van der Waals surface area contributed by atoms with Crippen molar-refractivity contribution >= 4 is 11.9 Å². The molecular formula is C18H25NO4. The van der Waals surface area contributed by atoms with Crippen LogP contribution in [0.2, 0.25) is 0 Å². The fraction of sp³-hybridized carbons (Fsp3) is 0.556. The Morgan fingerprint density at radius 3 is 2.39 bits per heavy atom. The molecule has 0 radical (unpaired) electrons. The zero-order valence-corrected chi connectivity index (χ0v) is 14.5. The third-order valence-electron chi connectivity index (χ3n) is 3.96. The average molecular weight is 319 g/mol. The summed E-state index contributed by atoms with van der Waals surface area (Å²) in [5, 5.41) is 0. The van der Waals surface area contributed by atoms with Gasteiger partial charge in [0.15, 0.2) is 0 Å². The SMILES string of the molecule is COc1ccc(C(C)N2CC(C(=O)OC(C)(C)C)CC2=O)cc1. The molecule has 1 aromatic rings. The summed E-state index contributed by atoms with van der Waals surface area (Å²) >= 11 is 0. The Bertz CT molecular complexity index is 574. The van der Waals surface area contributed by atoms with Crippen molar-refractivity contribution in [2.75, 3.05) is 13.7 Å². The molecule has 5 heteroatoms. The number of ether oxygens (including phenoxy) is 2. The van der Waals surface area contributed by atoms with Gasteiger partial charge in [0.25, 0.3) is 0 Å². The summed E-state index contributed by atoms with van der Waals surface area (Å²) in [5.74, 6) is 0.0854. The molecule has 0 spiro atoms. The first-order valence-electron chi connectivity index (χ1n) is 7.87. The smallest absolute Gasteiger partial charge is 0.311 e. The monoisotopic (exact) mass is 319 g/mol. The van der Waals surface area contributed by atoms with E-state index in [1.165, 1.54) is 0 Å². The van der Waals surface area contributed by atoms with Gasteiger partial charge < -0.3 is 14.4 Å². The Balaban J connectivity index is 2.05. The van der Waals surface area contributed by atoms with Gasteiger partial charge in [-0.15, -0.1) is 0 Å². The first kappa shape index (κ1) is 17.3. The minimum atomic E-state index is -0.533. The van der Waals surface area contributed by atoms with Crippen molar-refractivity contribution in [3.63, 3.8) is 0 Å². The normalized spacial score (nSPS) is 19.6. The Hall–Kier alpha value is -2.04. The first-order valence-corrected chi connectivity index (χ1v) is 7.87. The van der Waals surface area contributed by atoms with Gasteiger partial charge in [-0.1, -0.05) is 12.1 Å². The topological polar surface area (TPSA) is 55.8 Å². The second-order valence-electron chi connectivity index (χ2n) is 6.93. The van der Waals surface area contributed by atoms with E-state index in [-0.39, 0.29) is 30.3 Å². The highest BCUT2D eigenvalue weighted by Gasteiger charge is 2.39. The molecule has 0 aliphatic carbocycles. The molecule has 0 saturated carbocycles. The van der Waals surface area contributed by atoms with E-state index in [4.69, 9.17) is 9.47 Å². The average Bonchev–Trinajstić information content (AvgIpc) is 2.87. The van der Waals surface area contributed by atoms with Gasteiger partial charge in [-0.25, -0.2) is 0 Å². The van der Waals surface area contributed by atoms with Crippen LogP contribution in [0.4, 0.5) is 0 Å². The van der Waals surface area contributed by atoms with E-state index >= 15 is 0 Å². The predicted molar refractivity (Wildman–Crippen MR) is 87.1 cm³/mol. The Morgan fingerprint density at radius 1 is 1.26 bits per heavy atom. The molecule has 126 valence electrons. The number of likely N-dealkylation sites (tertiary alicyclic amines) is 1. The third-order valence-corrected chi connectivity index (χ3v) is 3.96. The molecule has 0 bridgehead atoms. The zero-order valence-electron chi connectivity index (χ0n) is 14.5. The predicted octanol–water partition coefficient (Wildman–Crippen LogP) is 2.95. The van der Waals surface area contributed by atoms with E-state index in [0.717, 1.165) is 11.3 Å². The van der Waals surface area contributed by atoms with Gasteiger partial charge in [0.1, 0.15) is 11.4 Å². The van der Waals surface area contributed by atoms with E-state index in [9.17, 15) is 9.59 Å². The highest BCUT2D eigenvalue weighted by atomic mass is 16.6. The second kappa shape index (κ2) is 6.60. The maximum atomic E-state index is 12.3. The minimum absolute atomic E-state index is 0.0100. The maximum absolute atomic E-state index is 12.3. The van der Waals surface area contributed by atoms with Crippen molar-refractivity contribution < 1.29 is 19.1 Å². The molecule has 1 fully saturated rings. The van der Waals surface area contributed by atoms with Gasteiger partial charge in [0.2, 0.25) is 5.91 Å². The summed E-state index contributed by atoms with van der Waals surface area (Å²) < 4.78 is 10.5. The number of carbonyl (C=O) groups excluding carboxylic acids is 2. The molecule has 1 saturated heterocycles. The number of rotatable bonds is 4. The fourth-order valence-electron chi connectivity index (χ4n) is 2.71. The lowest BCUT2D eigenvalue weighted by Gasteiger charge is -2.26. The van der Waals surface area contributed by atoms with Crippen LogP contribution in [0.3, 0.4) is 0 Å². The largest absolute Gasteiger partial charge is 0.497 e. The lowest BCUT2D eigenvalue weighted by molar-refractivity contribution is -0.159. The van der Waals surface area contributed by atoms with E-state index in [1.807, 2.05) is 52.0 Å². The third kappa shape index (κ3) is 4.24. The van der Waals surface area contributed by atoms with E-state index in [0.29, 0.717) is 6.54 Å². The number of hydrogen-bond donors (Lipinski definition) is 0. The fourth-order valence-corrected chi connectivity index (χ4v) is 2.71. The van der Waals surface area contributed by atoms with E-state index < -0.39 is 5.60 Å². The van der Waals surface area contributed by atoms with Crippen molar-refractivity contribution in [2.45, 2.75) is 45.8 Å². The number of carbonyl (C=O) groups is 2. The van der Waals surface area contributed by atoms with E-state index in [1.54, 1.807) is 12.0 Å². The summed E-state index contributed by atoms with van der Waals surface area (Å²) in [6.45, 7) is 7.87. The Labute approximate surface area is 137 Å². The van der Waals surface area contributed by atoms with Crippen LogP contribution in [0, 0.1) is 5.92 Å². The molecule has 1 aliphatic heterocycles. The number of esters is 1. The van der Waals surface area contributed by atoms with Crippen LogP contribution in [0.15, 0.2) is 24.3 Å². The van der Waals surface area contributed by atoms with Crippen molar-refractivity contribution in [3.05, 3.63) is 29.8 Å². The van der Waals surface area contributed by atoms with Gasteiger partial charge >= 0.3 is 5.97 Å². The van der Waals surface area contributed by atoms with Crippen molar-refractivity contribution in [2.24, 2.45) is 5.92 Å². The molecule has 2 rings (SSSR count). The maximum Gasteiger partial charge on any atom is 0.311 e. The summed E-state index contributed by atoms with van der Waals surface area (Å²) in [7, 11) is 1.62. The zero-order chi connectivity index (χ0) is 17.2. The standard InChI is InChI=1S/C18H25NO4/c1-12(13-6-8-15(22-5)9-7-13)19-11-14(10-16(19)20)17(21)23-18(2,3)4/h6-9,12,14H,10-11H2,1-5H3. The summed E-state index contributed by atoms with van der Waals surface area (Å²) in [5.41, 5.74) is 0.485. The van der Waals surface area contributed by atoms with Gasteiger partial charge in [0, 0.05) is 13.0 Å². The van der Waals surface area contributed by atoms with Gasteiger partial charge in [-0.2, -0.15) is 0 Å². The summed E-state index contributed by atoms with van der Waals surface area (Å²) in [4.78, 5) is 26.2. The number of methoxy groups -OCH3 is 1. The van der Waals surface area contributed by atoms with Crippen molar-refractivity contribution in [3.8, 4) is 5.75 Å². The molecule has 23 heavy (non-hydrogen) atoms. The lowest BCUT2D eigenvalue weighted by Crippen LogP contribution is -2.32. The van der Waals surface area contributed by atoms with Crippen molar-refractivity contribution in [1.29, 1.82) is 0 Å². The summed E-state index contributed by atoms with van der Waals surface area (Å²) in [6.07, 6.45) is 0.218. The molecule has 0 N–H and O–H groups in total. The highest BCUT2D eigenvalue weighted by Crippen LogP contribution is 2.30. The van der Waals surface area contributed by atoms with Crippen molar-refractivity contribution in [1.82, 2.24) is 4.90 Å². The molecular weight excluding hydrogens is 294 g/mol. The molecule has 0 aromatic heterocycles. The van der Waals surface area contributed by atoms with Crippen LogP contribution in [-0.2, 0) is 14.3 Å². The van der Waals surface area contributed by atoms with E-state index in [2.05, 4.69) is 0 Å². The lowest BCUT2D eigenvalue weighted by atomic mass is 10.1. The summed E-state index contributed by atoms with van der Waals surface area (Å²) in [6, 6.07) is 7.55. The number of nitrogens with zero attached hydrogens (tertiary/aromatic N) is 1. The highest BCUT2D eigenvalue weighted by molar-refractivity contribution is 5.87. The molecule has 1 amide bonds. The van der Waals surface area contributed by atoms with Gasteiger partial charge in [-0.05, 0) is 45.4 Å². The van der Waals surface area contributed by atoms with Gasteiger partial charge in [-0.3, -0.25) is 9.59 Å². The number of benzene rings is 1. The van der Waals surface area contributed by atoms with Crippen LogP contribution in [0.25, 0.3) is 0 Å². The molecule has 1 heterocycles. The molecule has 5 nitrogen and oxygen atoms in total. The van der Waals surface area contributed by atoms with Crippen LogP contribution in [0.5, 0.6) is 5.75 Å². The van der Waals surface area contributed by atoms with Gasteiger partial charge in [0.05, 0.1) is 19.1 Å². The molecule has 2 atom stereocenters. The molecule has 1 aliphatic rings.